The van der Waals surface area contributed by atoms with E-state index in [1.165, 1.54) is 10.9 Å². The normalized spacial score (nSPS) is 18.6. The van der Waals surface area contributed by atoms with Crippen LogP contribution in [0.1, 0.15) is 54.5 Å². The van der Waals surface area contributed by atoms with Crippen molar-refractivity contribution >= 4 is 5.91 Å². The molecule has 136 valence electrons. The number of amides is 1. The molecule has 0 saturated carbocycles. The summed E-state index contributed by atoms with van der Waals surface area (Å²) >= 11 is 0. The lowest BCUT2D eigenvalue weighted by Crippen LogP contribution is -2.39. The van der Waals surface area contributed by atoms with Crippen LogP contribution in [0, 0.1) is 0 Å². The van der Waals surface area contributed by atoms with Gasteiger partial charge in [-0.1, -0.05) is 5.21 Å². The van der Waals surface area contributed by atoms with Crippen molar-refractivity contribution in [1.82, 2.24) is 30.1 Å². The van der Waals surface area contributed by atoms with Gasteiger partial charge in [0.1, 0.15) is 18.2 Å². The smallest absolute Gasteiger partial charge is 0.397 e. The molecule has 0 spiro atoms. The van der Waals surface area contributed by atoms with Gasteiger partial charge in [0.2, 0.25) is 11.8 Å². The SMILES string of the molecule is CCn1nncc1C(=O)N1CCCCC1c1nnc(CC(F)(F)F)o1. The fraction of sp³-hybridized carbons (Fsp3) is 0.643. The first kappa shape index (κ1) is 17.4. The van der Waals surface area contributed by atoms with E-state index >= 15 is 0 Å². The Morgan fingerprint density at radius 2 is 2.16 bits per heavy atom. The molecular formula is C14H17F3N6O2. The number of piperidine rings is 1. The zero-order chi connectivity index (χ0) is 18.0. The van der Waals surface area contributed by atoms with Gasteiger partial charge in [0.05, 0.1) is 6.20 Å². The number of hydrogen-bond donors (Lipinski definition) is 0. The Morgan fingerprint density at radius 1 is 1.36 bits per heavy atom. The van der Waals surface area contributed by atoms with E-state index in [0.717, 1.165) is 12.8 Å². The van der Waals surface area contributed by atoms with E-state index in [4.69, 9.17) is 4.42 Å². The zero-order valence-electron chi connectivity index (χ0n) is 13.5. The first-order valence-corrected chi connectivity index (χ1v) is 7.97. The Labute approximate surface area is 141 Å². The first-order valence-electron chi connectivity index (χ1n) is 7.97. The maximum Gasteiger partial charge on any atom is 0.397 e. The minimum atomic E-state index is -4.43. The van der Waals surface area contributed by atoms with Gasteiger partial charge in [0, 0.05) is 13.1 Å². The van der Waals surface area contributed by atoms with Crippen molar-refractivity contribution in [3.8, 4) is 0 Å². The number of aryl methyl sites for hydroxylation is 1. The van der Waals surface area contributed by atoms with Gasteiger partial charge < -0.3 is 9.32 Å². The molecule has 1 saturated heterocycles. The van der Waals surface area contributed by atoms with Crippen LogP contribution in [0.4, 0.5) is 13.2 Å². The number of likely N-dealkylation sites (tertiary alicyclic amines) is 1. The van der Waals surface area contributed by atoms with Gasteiger partial charge >= 0.3 is 6.18 Å². The van der Waals surface area contributed by atoms with Crippen molar-refractivity contribution in [2.24, 2.45) is 0 Å². The summed E-state index contributed by atoms with van der Waals surface area (Å²) in [5.74, 6) is -0.768. The first-order chi connectivity index (χ1) is 11.9. The van der Waals surface area contributed by atoms with Crippen LogP contribution in [0.3, 0.4) is 0 Å². The molecule has 0 N–H and O–H groups in total. The number of carbonyl (C=O) groups is 1. The van der Waals surface area contributed by atoms with Crippen LogP contribution in [0.15, 0.2) is 10.6 Å². The van der Waals surface area contributed by atoms with Crippen LogP contribution >= 0.6 is 0 Å². The van der Waals surface area contributed by atoms with Crippen LogP contribution in [0.25, 0.3) is 0 Å². The summed E-state index contributed by atoms with van der Waals surface area (Å²) in [4.78, 5) is 14.4. The molecular weight excluding hydrogens is 341 g/mol. The van der Waals surface area contributed by atoms with Crippen LogP contribution in [-0.2, 0) is 13.0 Å². The number of nitrogens with zero attached hydrogens (tertiary/aromatic N) is 6. The Kier molecular flexibility index (Phi) is 4.73. The summed E-state index contributed by atoms with van der Waals surface area (Å²) in [5, 5.41) is 14.8. The number of carbonyl (C=O) groups excluding carboxylic acids is 1. The highest BCUT2D eigenvalue weighted by atomic mass is 19.4. The van der Waals surface area contributed by atoms with Gasteiger partial charge in [0.15, 0.2) is 0 Å². The number of alkyl halides is 3. The van der Waals surface area contributed by atoms with Crippen molar-refractivity contribution in [2.75, 3.05) is 6.54 Å². The maximum absolute atomic E-state index is 12.8. The summed E-state index contributed by atoms with van der Waals surface area (Å²) in [7, 11) is 0. The minimum Gasteiger partial charge on any atom is -0.423 e. The highest BCUT2D eigenvalue weighted by molar-refractivity contribution is 5.92. The van der Waals surface area contributed by atoms with E-state index in [2.05, 4.69) is 20.5 Å². The molecule has 1 aliphatic rings. The third-order valence-electron chi connectivity index (χ3n) is 4.02. The molecule has 2 aromatic rings. The quantitative estimate of drug-likeness (QED) is 0.832. The third kappa shape index (κ3) is 3.80. The van der Waals surface area contributed by atoms with Crippen molar-refractivity contribution in [3.05, 3.63) is 23.7 Å². The molecule has 0 radical (unpaired) electrons. The predicted octanol–water partition coefficient (Wildman–Crippen LogP) is 2.15. The Hall–Kier alpha value is -2.46. The average Bonchev–Trinajstić information content (AvgIpc) is 3.21. The molecule has 2 aromatic heterocycles. The standard InChI is InChI=1S/C14H17F3N6O2/c1-2-23-10(8-18-21-23)13(24)22-6-4-3-5-9(22)12-20-19-11(25-12)7-14(15,16)17/h8-9H,2-7H2,1H3. The maximum atomic E-state index is 12.8. The van der Waals surface area contributed by atoms with Gasteiger partial charge in [0.25, 0.3) is 5.91 Å². The van der Waals surface area contributed by atoms with Crippen molar-refractivity contribution in [1.29, 1.82) is 0 Å². The van der Waals surface area contributed by atoms with E-state index in [-0.39, 0.29) is 11.8 Å². The molecule has 1 aliphatic heterocycles. The second-order valence-corrected chi connectivity index (χ2v) is 5.77. The molecule has 3 heterocycles. The number of rotatable bonds is 4. The number of halogens is 3. The lowest BCUT2D eigenvalue weighted by atomic mass is 10.0. The summed E-state index contributed by atoms with van der Waals surface area (Å²) in [6.45, 7) is 2.77. The van der Waals surface area contributed by atoms with E-state index in [9.17, 15) is 18.0 Å². The van der Waals surface area contributed by atoms with Crippen LogP contribution < -0.4 is 0 Å². The topological polar surface area (TPSA) is 89.9 Å². The summed E-state index contributed by atoms with van der Waals surface area (Å²) < 4.78 is 44.0. The van der Waals surface area contributed by atoms with Gasteiger partial charge in [-0.3, -0.25) is 4.79 Å². The molecule has 1 atom stereocenters. The zero-order valence-corrected chi connectivity index (χ0v) is 13.5. The second-order valence-electron chi connectivity index (χ2n) is 5.77. The Morgan fingerprint density at radius 3 is 2.88 bits per heavy atom. The van der Waals surface area contributed by atoms with Gasteiger partial charge in [-0.25, -0.2) is 4.68 Å². The van der Waals surface area contributed by atoms with Gasteiger partial charge in [-0.2, -0.15) is 13.2 Å². The predicted molar refractivity (Wildman–Crippen MR) is 77.4 cm³/mol. The lowest BCUT2D eigenvalue weighted by Gasteiger charge is -2.33. The minimum absolute atomic E-state index is 0.0304. The van der Waals surface area contributed by atoms with E-state index in [1.54, 1.807) is 4.90 Å². The van der Waals surface area contributed by atoms with E-state index in [0.29, 0.717) is 25.2 Å². The van der Waals surface area contributed by atoms with Crippen LogP contribution in [0.5, 0.6) is 0 Å². The van der Waals surface area contributed by atoms with Crippen molar-refractivity contribution in [3.63, 3.8) is 0 Å². The lowest BCUT2D eigenvalue weighted by molar-refractivity contribution is -0.131. The second kappa shape index (κ2) is 6.81. The van der Waals surface area contributed by atoms with Crippen LogP contribution in [0.2, 0.25) is 0 Å². The summed E-state index contributed by atoms with van der Waals surface area (Å²) in [6, 6.07) is -0.545. The molecule has 11 heteroatoms. The highest BCUT2D eigenvalue weighted by Gasteiger charge is 2.36. The fourth-order valence-electron chi connectivity index (χ4n) is 2.88. The Bertz CT molecular complexity index is 741. The molecule has 25 heavy (non-hydrogen) atoms. The molecule has 8 nitrogen and oxygen atoms in total. The third-order valence-corrected chi connectivity index (χ3v) is 4.02. The van der Waals surface area contributed by atoms with Gasteiger partial charge in [-0.15, -0.1) is 15.3 Å². The molecule has 0 aromatic carbocycles. The molecule has 0 bridgehead atoms. The van der Waals surface area contributed by atoms with Crippen molar-refractivity contribution in [2.45, 2.75) is 51.4 Å². The van der Waals surface area contributed by atoms with Gasteiger partial charge in [-0.05, 0) is 26.2 Å². The van der Waals surface area contributed by atoms with E-state index < -0.39 is 24.5 Å². The monoisotopic (exact) mass is 358 g/mol. The molecule has 0 aliphatic carbocycles. The van der Waals surface area contributed by atoms with Crippen molar-refractivity contribution < 1.29 is 22.4 Å². The van der Waals surface area contributed by atoms with Crippen LogP contribution in [-0.4, -0.2) is 48.7 Å². The summed E-state index contributed by atoms with van der Waals surface area (Å²) in [5.41, 5.74) is 0.324. The largest absolute Gasteiger partial charge is 0.423 e. The Balaban J connectivity index is 1.83. The molecule has 1 unspecified atom stereocenters. The van der Waals surface area contributed by atoms with E-state index in [1.807, 2.05) is 6.92 Å². The number of hydrogen-bond acceptors (Lipinski definition) is 6. The molecule has 3 rings (SSSR count). The summed E-state index contributed by atoms with van der Waals surface area (Å²) in [6.07, 6.45) is -2.18. The molecule has 1 fully saturated rings. The fourth-order valence-corrected chi connectivity index (χ4v) is 2.88. The number of aromatic nitrogens is 5. The average molecular weight is 358 g/mol. The highest BCUT2D eigenvalue weighted by Crippen LogP contribution is 2.32. The molecule has 1 amide bonds.